The summed E-state index contributed by atoms with van der Waals surface area (Å²) in [6.07, 6.45) is 0. The van der Waals surface area contributed by atoms with Gasteiger partial charge in [-0.15, -0.1) is 0 Å². The van der Waals surface area contributed by atoms with Crippen LogP contribution in [-0.2, 0) is 5.41 Å². The highest BCUT2D eigenvalue weighted by Gasteiger charge is 2.37. The van der Waals surface area contributed by atoms with Gasteiger partial charge in [-0.1, -0.05) is 26.0 Å². The second kappa shape index (κ2) is 3.32. The Labute approximate surface area is 96.1 Å². The fourth-order valence-corrected chi connectivity index (χ4v) is 1.55. The number of para-hydroxylation sites is 2. The van der Waals surface area contributed by atoms with Crippen molar-refractivity contribution in [1.29, 1.82) is 0 Å². The van der Waals surface area contributed by atoms with E-state index in [1.165, 1.54) is 0 Å². The van der Waals surface area contributed by atoms with Crippen LogP contribution in [0.1, 0.15) is 33.5 Å². The molecule has 0 aliphatic heterocycles. The van der Waals surface area contributed by atoms with E-state index < -0.39 is 0 Å². The van der Waals surface area contributed by atoms with Crippen LogP contribution < -0.4 is 5.73 Å². The van der Waals surface area contributed by atoms with E-state index in [1.54, 1.807) is 0 Å². The summed E-state index contributed by atoms with van der Waals surface area (Å²) in [4.78, 5) is 7.97. The molecule has 0 saturated carbocycles. The Morgan fingerprint density at radius 1 is 1.12 bits per heavy atom. The van der Waals surface area contributed by atoms with Crippen LogP contribution in [0.25, 0.3) is 11.0 Å². The molecule has 0 spiro atoms. The number of nitrogens with zero attached hydrogens (tertiary/aromatic N) is 1. The predicted molar refractivity (Wildman–Crippen MR) is 67.4 cm³/mol. The molecule has 3 N–H and O–H groups in total. The molecular weight excluding hydrogens is 198 g/mol. The lowest BCUT2D eigenvalue weighted by Gasteiger charge is -2.36. The lowest BCUT2D eigenvalue weighted by molar-refractivity contribution is 0.293. The molecule has 0 amide bonds. The van der Waals surface area contributed by atoms with Crippen molar-refractivity contribution in [3.8, 4) is 0 Å². The maximum atomic E-state index is 6.21. The van der Waals surface area contributed by atoms with Crippen molar-refractivity contribution in [3.05, 3.63) is 30.1 Å². The fourth-order valence-electron chi connectivity index (χ4n) is 1.55. The quantitative estimate of drug-likeness (QED) is 0.812. The highest BCUT2D eigenvalue weighted by atomic mass is 15.0. The summed E-state index contributed by atoms with van der Waals surface area (Å²) in [6, 6.07) is 8.04. The number of nitrogens with two attached hydrogens (primary N) is 1. The Hall–Kier alpha value is -1.35. The molecule has 1 aromatic heterocycles. The van der Waals surface area contributed by atoms with Crippen molar-refractivity contribution in [2.24, 2.45) is 5.73 Å². The lowest BCUT2D eigenvalue weighted by Crippen LogP contribution is -2.50. The first-order valence-electron chi connectivity index (χ1n) is 5.56. The number of fused-ring (bicyclic) bond motifs is 1. The van der Waals surface area contributed by atoms with Gasteiger partial charge in [0.05, 0.1) is 11.0 Å². The molecule has 86 valence electrons. The zero-order chi connectivity index (χ0) is 12.0. The summed E-state index contributed by atoms with van der Waals surface area (Å²) in [6.45, 7) is 8.29. The van der Waals surface area contributed by atoms with Crippen molar-refractivity contribution in [3.63, 3.8) is 0 Å². The third kappa shape index (κ3) is 1.61. The molecule has 1 aromatic carbocycles. The first kappa shape index (κ1) is 11.1. The van der Waals surface area contributed by atoms with Gasteiger partial charge in [0.1, 0.15) is 5.82 Å². The Morgan fingerprint density at radius 3 is 2.31 bits per heavy atom. The SMILES string of the molecule is CC(C)(N)C(C)(C)c1nc2ccccc2[nH]1. The Bertz CT molecular complexity index is 470. The number of rotatable bonds is 2. The van der Waals surface area contributed by atoms with Crippen LogP contribution in [0.5, 0.6) is 0 Å². The number of nitrogens with one attached hydrogen (secondary N) is 1. The van der Waals surface area contributed by atoms with Gasteiger partial charge in [0, 0.05) is 11.0 Å². The number of benzene rings is 1. The number of aromatic nitrogens is 2. The summed E-state index contributed by atoms with van der Waals surface area (Å²) in [5.74, 6) is 0.946. The highest BCUT2D eigenvalue weighted by Crippen LogP contribution is 2.32. The number of H-pyrrole nitrogens is 1. The minimum Gasteiger partial charge on any atom is -0.341 e. The van der Waals surface area contributed by atoms with E-state index >= 15 is 0 Å². The van der Waals surface area contributed by atoms with Gasteiger partial charge < -0.3 is 10.7 Å². The van der Waals surface area contributed by atoms with Gasteiger partial charge in [-0.2, -0.15) is 0 Å². The molecule has 0 unspecified atom stereocenters. The standard InChI is InChI=1S/C13H19N3/c1-12(2,13(3,4)14)11-15-9-7-5-6-8-10(9)16-11/h5-8H,14H2,1-4H3,(H,15,16). The summed E-state index contributed by atoms with van der Waals surface area (Å²) in [7, 11) is 0. The van der Waals surface area contributed by atoms with Crippen LogP contribution in [0, 0.1) is 0 Å². The molecule has 0 saturated heterocycles. The van der Waals surface area contributed by atoms with Gasteiger partial charge in [-0.3, -0.25) is 0 Å². The van der Waals surface area contributed by atoms with Crippen molar-refractivity contribution in [1.82, 2.24) is 9.97 Å². The van der Waals surface area contributed by atoms with Gasteiger partial charge >= 0.3 is 0 Å². The zero-order valence-electron chi connectivity index (χ0n) is 10.3. The normalized spacial score (nSPS) is 13.3. The van der Waals surface area contributed by atoms with Gasteiger partial charge in [0.15, 0.2) is 0 Å². The largest absolute Gasteiger partial charge is 0.341 e. The number of aromatic amines is 1. The van der Waals surface area contributed by atoms with Gasteiger partial charge in [-0.25, -0.2) is 4.98 Å². The molecular formula is C13H19N3. The van der Waals surface area contributed by atoms with Crippen LogP contribution in [0.2, 0.25) is 0 Å². The van der Waals surface area contributed by atoms with Gasteiger partial charge in [0.25, 0.3) is 0 Å². The maximum absolute atomic E-state index is 6.21. The average Bonchev–Trinajstić information content (AvgIpc) is 2.59. The van der Waals surface area contributed by atoms with E-state index in [1.807, 2.05) is 38.1 Å². The minimum absolute atomic E-state index is 0.188. The molecule has 1 heterocycles. The summed E-state index contributed by atoms with van der Waals surface area (Å²) in [5, 5.41) is 0. The average molecular weight is 217 g/mol. The monoisotopic (exact) mass is 217 g/mol. The first-order valence-corrected chi connectivity index (χ1v) is 5.56. The molecule has 0 fully saturated rings. The maximum Gasteiger partial charge on any atom is 0.114 e. The van der Waals surface area contributed by atoms with Crippen LogP contribution in [0.15, 0.2) is 24.3 Å². The molecule has 2 rings (SSSR count). The second-order valence-corrected chi connectivity index (χ2v) is 5.45. The van der Waals surface area contributed by atoms with Crippen LogP contribution in [0.4, 0.5) is 0 Å². The van der Waals surface area contributed by atoms with E-state index in [4.69, 9.17) is 5.73 Å². The molecule has 0 bridgehead atoms. The zero-order valence-corrected chi connectivity index (χ0v) is 10.3. The molecule has 16 heavy (non-hydrogen) atoms. The third-order valence-electron chi connectivity index (χ3n) is 3.59. The van der Waals surface area contributed by atoms with Crippen molar-refractivity contribution < 1.29 is 0 Å². The van der Waals surface area contributed by atoms with E-state index in [9.17, 15) is 0 Å². The van der Waals surface area contributed by atoms with E-state index in [0.29, 0.717) is 0 Å². The molecule has 0 aliphatic rings. The fraction of sp³-hybridized carbons (Fsp3) is 0.462. The summed E-state index contributed by atoms with van der Waals surface area (Å²) in [5.41, 5.74) is 7.76. The Kier molecular flexibility index (Phi) is 2.31. The van der Waals surface area contributed by atoms with Crippen LogP contribution in [-0.4, -0.2) is 15.5 Å². The van der Waals surface area contributed by atoms with Crippen molar-refractivity contribution in [2.45, 2.75) is 38.6 Å². The van der Waals surface area contributed by atoms with Crippen molar-refractivity contribution >= 4 is 11.0 Å². The van der Waals surface area contributed by atoms with Crippen LogP contribution >= 0.6 is 0 Å². The molecule has 0 aliphatic carbocycles. The number of imidazole rings is 1. The molecule has 0 radical (unpaired) electrons. The van der Waals surface area contributed by atoms with E-state index in [2.05, 4.69) is 23.8 Å². The third-order valence-corrected chi connectivity index (χ3v) is 3.59. The lowest BCUT2D eigenvalue weighted by atomic mass is 9.74. The van der Waals surface area contributed by atoms with E-state index in [-0.39, 0.29) is 11.0 Å². The van der Waals surface area contributed by atoms with Gasteiger partial charge in [-0.05, 0) is 26.0 Å². The smallest absolute Gasteiger partial charge is 0.114 e. The predicted octanol–water partition coefficient (Wildman–Crippen LogP) is 2.58. The molecule has 3 heteroatoms. The molecule has 3 nitrogen and oxygen atoms in total. The van der Waals surface area contributed by atoms with Crippen molar-refractivity contribution in [2.75, 3.05) is 0 Å². The first-order chi connectivity index (χ1) is 7.32. The minimum atomic E-state index is -0.319. The van der Waals surface area contributed by atoms with Gasteiger partial charge in [0.2, 0.25) is 0 Å². The number of hydrogen-bond donors (Lipinski definition) is 2. The summed E-state index contributed by atoms with van der Waals surface area (Å²) >= 11 is 0. The Morgan fingerprint density at radius 2 is 1.75 bits per heavy atom. The molecule has 2 aromatic rings. The summed E-state index contributed by atoms with van der Waals surface area (Å²) < 4.78 is 0. The molecule has 0 atom stereocenters. The number of hydrogen-bond acceptors (Lipinski definition) is 2. The highest BCUT2D eigenvalue weighted by molar-refractivity contribution is 5.75. The second-order valence-electron chi connectivity index (χ2n) is 5.45. The van der Waals surface area contributed by atoms with Crippen LogP contribution in [0.3, 0.4) is 0 Å². The Balaban J connectivity index is 2.56. The van der Waals surface area contributed by atoms with E-state index in [0.717, 1.165) is 16.9 Å². The topological polar surface area (TPSA) is 54.7 Å².